The molecule has 0 saturated carbocycles. The van der Waals surface area contributed by atoms with Crippen LogP contribution >= 0.6 is 0 Å². The van der Waals surface area contributed by atoms with E-state index in [-0.39, 0.29) is 23.6 Å². The van der Waals surface area contributed by atoms with E-state index in [2.05, 4.69) is 15.6 Å². The van der Waals surface area contributed by atoms with Gasteiger partial charge in [0.25, 0.3) is 11.8 Å². The van der Waals surface area contributed by atoms with Crippen molar-refractivity contribution in [2.75, 3.05) is 25.6 Å². The first-order chi connectivity index (χ1) is 13.1. The third-order valence-electron chi connectivity index (χ3n) is 4.37. The molecule has 0 bridgehead atoms. The summed E-state index contributed by atoms with van der Waals surface area (Å²) in [5.74, 6) is -0.0969. The zero-order chi connectivity index (χ0) is 19.2. The topological polar surface area (TPSA) is 89.5 Å². The van der Waals surface area contributed by atoms with Gasteiger partial charge in [-0.1, -0.05) is 6.07 Å². The lowest BCUT2D eigenvalue weighted by molar-refractivity contribution is 0.0853. The summed E-state index contributed by atoms with van der Waals surface area (Å²) in [6.07, 6.45) is 3.45. The Morgan fingerprint density at radius 1 is 1.26 bits per heavy atom. The number of methoxy groups -OCH3 is 1. The van der Waals surface area contributed by atoms with Crippen LogP contribution in [0.15, 0.2) is 36.5 Å². The lowest BCUT2D eigenvalue weighted by Gasteiger charge is -2.12. The highest BCUT2D eigenvalue weighted by Crippen LogP contribution is 2.25. The third-order valence-corrected chi connectivity index (χ3v) is 4.37. The molecule has 1 aromatic carbocycles. The van der Waals surface area contributed by atoms with Gasteiger partial charge in [-0.3, -0.25) is 14.6 Å². The van der Waals surface area contributed by atoms with Crippen LogP contribution in [0.2, 0.25) is 0 Å². The van der Waals surface area contributed by atoms with E-state index in [0.29, 0.717) is 23.5 Å². The molecule has 1 aliphatic heterocycles. The summed E-state index contributed by atoms with van der Waals surface area (Å²) in [6.45, 7) is 3.10. The molecule has 1 fully saturated rings. The minimum absolute atomic E-state index is 0.0502. The highest BCUT2D eigenvalue weighted by molar-refractivity contribution is 6.06. The number of benzene rings is 1. The van der Waals surface area contributed by atoms with E-state index in [1.54, 1.807) is 19.2 Å². The molecule has 1 aliphatic rings. The molecular weight excluding hydrogens is 346 g/mol. The monoisotopic (exact) mass is 369 g/mol. The van der Waals surface area contributed by atoms with Crippen LogP contribution in [0.1, 0.15) is 39.3 Å². The number of anilines is 1. The second-order valence-electron chi connectivity index (χ2n) is 6.43. The van der Waals surface area contributed by atoms with E-state index >= 15 is 0 Å². The predicted octanol–water partition coefficient (Wildman–Crippen LogP) is 2.56. The minimum Gasteiger partial charge on any atom is -0.495 e. The second-order valence-corrected chi connectivity index (χ2v) is 6.43. The van der Waals surface area contributed by atoms with Gasteiger partial charge in [-0.05, 0) is 49.6 Å². The molecule has 1 atom stereocenters. The molecule has 1 unspecified atom stereocenters. The number of rotatable bonds is 6. The van der Waals surface area contributed by atoms with Gasteiger partial charge < -0.3 is 20.1 Å². The van der Waals surface area contributed by atoms with Gasteiger partial charge in [0.15, 0.2) is 0 Å². The third kappa shape index (κ3) is 4.83. The van der Waals surface area contributed by atoms with Gasteiger partial charge in [0.05, 0.1) is 18.9 Å². The number of nitrogens with zero attached hydrogens (tertiary/aromatic N) is 1. The van der Waals surface area contributed by atoms with Crippen molar-refractivity contribution in [3.8, 4) is 5.75 Å². The van der Waals surface area contributed by atoms with E-state index in [4.69, 9.17) is 9.47 Å². The molecule has 2 amide bonds. The quantitative estimate of drug-likeness (QED) is 0.817. The zero-order valence-corrected chi connectivity index (χ0v) is 15.5. The lowest BCUT2D eigenvalue weighted by atomic mass is 10.1. The van der Waals surface area contributed by atoms with Crippen LogP contribution < -0.4 is 15.4 Å². The smallest absolute Gasteiger partial charge is 0.269 e. The molecule has 7 nitrogen and oxygen atoms in total. The maximum atomic E-state index is 12.6. The van der Waals surface area contributed by atoms with Gasteiger partial charge in [-0.15, -0.1) is 0 Å². The van der Waals surface area contributed by atoms with Gasteiger partial charge in [-0.2, -0.15) is 0 Å². The number of carbonyl (C=O) groups is 2. The Morgan fingerprint density at radius 2 is 2.11 bits per heavy atom. The Balaban J connectivity index is 1.68. The van der Waals surface area contributed by atoms with E-state index in [1.807, 2.05) is 19.1 Å². The normalized spacial score (nSPS) is 16.0. The fourth-order valence-electron chi connectivity index (χ4n) is 2.91. The molecule has 1 saturated heterocycles. The van der Waals surface area contributed by atoms with Crippen molar-refractivity contribution in [1.82, 2.24) is 10.3 Å². The molecular formula is C20H23N3O4. The maximum absolute atomic E-state index is 12.6. The van der Waals surface area contributed by atoms with Crippen molar-refractivity contribution < 1.29 is 19.1 Å². The number of ether oxygens (including phenoxy) is 2. The number of aryl methyl sites for hydroxylation is 1. The Hall–Kier alpha value is -2.93. The second kappa shape index (κ2) is 8.64. The zero-order valence-electron chi connectivity index (χ0n) is 15.5. The summed E-state index contributed by atoms with van der Waals surface area (Å²) in [7, 11) is 1.54. The van der Waals surface area contributed by atoms with Crippen molar-refractivity contribution in [3.63, 3.8) is 0 Å². The van der Waals surface area contributed by atoms with Crippen LogP contribution in [-0.4, -0.2) is 43.2 Å². The largest absolute Gasteiger partial charge is 0.495 e. The van der Waals surface area contributed by atoms with E-state index in [1.165, 1.54) is 12.3 Å². The molecule has 0 spiro atoms. The van der Waals surface area contributed by atoms with Crippen LogP contribution in [0, 0.1) is 6.92 Å². The maximum Gasteiger partial charge on any atom is 0.269 e. The number of nitrogens with one attached hydrogen (secondary N) is 2. The number of aromatic nitrogens is 1. The van der Waals surface area contributed by atoms with Crippen molar-refractivity contribution in [2.45, 2.75) is 25.9 Å². The summed E-state index contributed by atoms with van der Waals surface area (Å²) in [5.41, 5.74) is 2.10. The first kappa shape index (κ1) is 18.8. The first-order valence-electron chi connectivity index (χ1n) is 8.88. The van der Waals surface area contributed by atoms with E-state index in [0.717, 1.165) is 25.0 Å². The van der Waals surface area contributed by atoms with Crippen molar-refractivity contribution in [1.29, 1.82) is 0 Å². The molecule has 1 aromatic heterocycles. The average molecular weight is 369 g/mol. The Bertz CT molecular complexity index is 832. The molecule has 7 heteroatoms. The fraction of sp³-hybridized carbons (Fsp3) is 0.350. The number of pyridine rings is 1. The van der Waals surface area contributed by atoms with E-state index < -0.39 is 0 Å². The SMILES string of the molecule is COc1ccc(C)cc1NC(=O)c1ccnc(C(=O)NCC2CCCO2)c1. The van der Waals surface area contributed by atoms with E-state index in [9.17, 15) is 9.59 Å². The Kier molecular flexibility index (Phi) is 6.03. The molecule has 2 aromatic rings. The van der Waals surface area contributed by atoms with Crippen LogP contribution in [0.25, 0.3) is 0 Å². The van der Waals surface area contributed by atoms with Crippen molar-refractivity contribution in [2.24, 2.45) is 0 Å². The molecule has 3 rings (SSSR count). The fourth-order valence-corrected chi connectivity index (χ4v) is 2.91. The average Bonchev–Trinajstić information content (AvgIpc) is 3.20. The van der Waals surface area contributed by atoms with Gasteiger partial charge in [0.1, 0.15) is 11.4 Å². The Morgan fingerprint density at radius 3 is 2.85 bits per heavy atom. The van der Waals surface area contributed by atoms with Crippen LogP contribution in [0.5, 0.6) is 5.75 Å². The predicted molar refractivity (Wildman–Crippen MR) is 101 cm³/mol. The number of carbonyl (C=O) groups excluding carboxylic acids is 2. The highest BCUT2D eigenvalue weighted by atomic mass is 16.5. The molecule has 142 valence electrons. The highest BCUT2D eigenvalue weighted by Gasteiger charge is 2.18. The minimum atomic E-state index is -0.338. The van der Waals surface area contributed by atoms with Crippen LogP contribution in [0.4, 0.5) is 5.69 Å². The number of amides is 2. The van der Waals surface area contributed by atoms with Crippen LogP contribution in [0.3, 0.4) is 0 Å². The summed E-state index contributed by atoms with van der Waals surface area (Å²) < 4.78 is 10.8. The van der Waals surface area contributed by atoms with Gasteiger partial charge in [0.2, 0.25) is 0 Å². The standard InChI is InChI=1S/C20H23N3O4/c1-13-5-6-18(26-2)16(10-13)23-19(24)14-7-8-21-17(11-14)20(25)22-12-15-4-3-9-27-15/h5-8,10-11,15H,3-4,9,12H2,1-2H3,(H,22,25)(H,23,24). The summed E-state index contributed by atoms with van der Waals surface area (Å²) in [5, 5.41) is 5.62. The summed E-state index contributed by atoms with van der Waals surface area (Å²) in [6, 6.07) is 8.56. The van der Waals surface area contributed by atoms with Crippen LogP contribution in [-0.2, 0) is 4.74 Å². The molecule has 2 heterocycles. The van der Waals surface area contributed by atoms with Crippen molar-refractivity contribution in [3.05, 3.63) is 53.3 Å². The van der Waals surface area contributed by atoms with Gasteiger partial charge >= 0.3 is 0 Å². The van der Waals surface area contributed by atoms with Crippen molar-refractivity contribution >= 4 is 17.5 Å². The molecule has 0 aliphatic carbocycles. The molecule has 0 radical (unpaired) electrons. The number of hydrogen-bond donors (Lipinski definition) is 2. The number of hydrogen-bond acceptors (Lipinski definition) is 5. The summed E-state index contributed by atoms with van der Waals surface area (Å²) in [4.78, 5) is 29.0. The Labute approximate surface area is 158 Å². The molecule has 2 N–H and O–H groups in total. The van der Waals surface area contributed by atoms with Gasteiger partial charge in [0, 0.05) is 24.9 Å². The van der Waals surface area contributed by atoms with Gasteiger partial charge in [-0.25, -0.2) is 0 Å². The molecule has 27 heavy (non-hydrogen) atoms. The first-order valence-corrected chi connectivity index (χ1v) is 8.88. The lowest BCUT2D eigenvalue weighted by Crippen LogP contribution is -2.32. The summed E-state index contributed by atoms with van der Waals surface area (Å²) >= 11 is 0.